The molecule has 1 aromatic rings. The van der Waals surface area contributed by atoms with Crippen LogP contribution in [0.3, 0.4) is 0 Å². The molecule has 1 aliphatic rings. The quantitative estimate of drug-likeness (QED) is 0.0326. The molecule has 1 heterocycles. The number of carboxylic acids is 1. The second-order valence-corrected chi connectivity index (χ2v) is 15.2. The van der Waals surface area contributed by atoms with Gasteiger partial charge in [-0.2, -0.15) is 0 Å². The van der Waals surface area contributed by atoms with Gasteiger partial charge in [0.05, 0.1) is 52.9 Å². The number of imide groups is 1. The fourth-order valence-electron chi connectivity index (χ4n) is 6.06. The lowest BCUT2D eigenvalue weighted by molar-refractivity contribution is -0.139. The first-order valence-corrected chi connectivity index (χ1v) is 21.8. The van der Waals surface area contributed by atoms with Gasteiger partial charge in [0, 0.05) is 56.7 Å². The van der Waals surface area contributed by atoms with Crippen LogP contribution in [0, 0.1) is 5.92 Å². The topological polar surface area (TPSA) is 312 Å². The number of hydrogen-bond acceptors (Lipinski definition) is 13. The van der Waals surface area contributed by atoms with E-state index in [9.17, 15) is 48.3 Å². The highest BCUT2D eigenvalue weighted by atomic mass is 16.6. The molecule has 0 aromatic heterocycles. The van der Waals surface area contributed by atoms with Crippen molar-refractivity contribution in [2.45, 2.75) is 90.3 Å². The highest BCUT2D eigenvalue weighted by Gasteiger charge is 2.32. The van der Waals surface area contributed by atoms with Crippen LogP contribution in [0.5, 0.6) is 0 Å². The summed E-state index contributed by atoms with van der Waals surface area (Å²) in [6, 6.07) is 3.02. The van der Waals surface area contributed by atoms with Crippen molar-refractivity contribution >= 4 is 59.0 Å². The van der Waals surface area contributed by atoms with Gasteiger partial charge in [-0.25, -0.2) is 4.79 Å². The highest BCUT2D eigenvalue weighted by molar-refractivity contribution is 6.13. The van der Waals surface area contributed by atoms with Crippen LogP contribution < -0.4 is 37.6 Å². The van der Waals surface area contributed by atoms with Crippen LogP contribution in [-0.4, -0.2) is 154 Å². The number of benzene rings is 1. The van der Waals surface area contributed by atoms with Crippen molar-refractivity contribution in [3.63, 3.8) is 0 Å². The van der Waals surface area contributed by atoms with E-state index in [1.807, 2.05) is 12.1 Å². The van der Waals surface area contributed by atoms with Crippen LogP contribution in [0.4, 0.5) is 10.5 Å². The van der Waals surface area contributed by atoms with Crippen molar-refractivity contribution in [3.8, 4) is 0 Å². The number of carbonyl (C=O) groups is 9. The fraction of sp³-hybridized carbons (Fsp3) is 0.605. The predicted octanol–water partition coefficient (Wildman–Crippen LogP) is -0.111. The van der Waals surface area contributed by atoms with E-state index in [0.717, 1.165) is 35.5 Å². The summed E-state index contributed by atoms with van der Waals surface area (Å²) in [6.07, 6.45) is 3.69. The van der Waals surface area contributed by atoms with Crippen molar-refractivity contribution < 1.29 is 67.2 Å². The molecule has 0 radical (unpaired) electrons. The predicted molar refractivity (Wildman–Crippen MR) is 235 cm³/mol. The van der Waals surface area contributed by atoms with E-state index in [0.29, 0.717) is 12.3 Å². The average Bonchev–Trinajstić information content (AvgIpc) is 3.58. The standard InChI is InChI=1S/C43H66N8O14/c1-4-6-30-8-10-31(11-9-30)47-40(58)32(7-5-18-46-43(44)61)49-42(60)39(29(2)3)50-41(59)33(12-15-38(56)57)48-35(53)17-21-62-23-25-64-27-28-65-26-24-63-22-19-45-34(52)16-20-51-36(54)13-14-37(51)55/h8-11,13-14,29,32-33,39H,4-7,12,15-28H2,1-3H3,(H,45,52)(H,47,58)(H,48,53)(H,49,60)(H,50,59)(H,56,57)(H3,44,46,61)/t32-,33?,39-/m0/s1. The van der Waals surface area contributed by atoms with Crippen LogP contribution in [0.25, 0.3) is 0 Å². The van der Waals surface area contributed by atoms with E-state index in [1.54, 1.807) is 26.0 Å². The number of nitrogens with zero attached hydrogens (tertiary/aromatic N) is 1. The Morgan fingerprint density at radius 2 is 1.25 bits per heavy atom. The largest absolute Gasteiger partial charge is 0.481 e. The molecule has 65 heavy (non-hydrogen) atoms. The van der Waals surface area contributed by atoms with Crippen molar-refractivity contribution in [2.24, 2.45) is 11.7 Å². The molecule has 0 saturated carbocycles. The number of hydrogen-bond donors (Lipinski definition) is 8. The normalized spacial score (nSPS) is 13.5. The summed E-state index contributed by atoms with van der Waals surface area (Å²) >= 11 is 0. The van der Waals surface area contributed by atoms with E-state index in [1.165, 1.54) is 0 Å². The average molecular weight is 919 g/mol. The number of anilines is 1. The molecule has 22 nitrogen and oxygen atoms in total. The van der Waals surface area contributed by atoms with Gasteiger partial charge in [0.25, 0.3) is 11.8 Å². The van der Waals surface area contributed by atoms with E-state index < -0.39 is 77.9 Å². The maximum Gasteiger partial charge on any atom is 0.312 e. The molecule has 22 heteroatoms. The Morgan fingerprint density at radius 3 is 1.82 bits per heavy atom. The maximum atomic E-state index is 13.6. The number of nitrogens with one attached hydrogen (secondary N) is 6. The number of ether oxygens (including phenoxy) is 4. The second kappa shape index (κ2) is 31.8. The number of aryl methyl sites for hydroxylation is 1. The van der Waals surface area contributed by atoms with Gasteiger partial charge < -0.3 is 61.7 Å². The Balaban J connectivity index is 1.73. The number of amides is 9. The Bertz CT molecular complexity index is 1720. The Morgan fingerprint density at radius 1 is 0.662 bits per heavy atom. The third-order valence-corrected chi connectivity index (χ3v) is 9.53. The van der Waals surface area contributed by atoms with E-state index in [2.05, 4.69) is 38.8 Å². The SMILES string of the molecule is CCCc1ccc(NC(=O)[C@H](CCCNC(N)=O)NC(=O)[C@@H](NC(=O)C(CCC(=O)O)NC(=O)CCOCCOCCOCCOCCNC(=O)CCN2C(=O)C=CC2=O)C(C)C)cc1. The molecule has 0 fully saturated rings. The van der Waals surface area contributed by atoms with Gasteiger partial charge in [-0.05, 0) is 49.3 Å². The zero-order valence-corrected chi connectivity index (χ0v) is 37.5. The first kappa shape index (κ1) is 55.2. The Kier molecular flexibility index (Phi) is 27.0. The number of urea groups is 1. The van der Waals surface area contributed by atoms with Crippen LogP contribution >= 0.6 is 0 Å². The maximum absolute atomic E-state index is 13.6. The minimum absolute atomic E-state index is 0.00487. The van der Waals surface area contributed by atoms with Gasteiger partial charge in [-0.15, -0.1) is 0 Å². The summed E-state index contributed by atoms with van der Waals surface area (Å²) in [7, 11) is 0. The van der Waals surface area contributed by atoms with Gasteiger partial charge in [0.15, 0.2) is 0 Å². The summed E-state index contributed by atoms with van der Waals surface area (Å²) in [5.41, 5.74) is 6.77. The minimum Gasteiger partial charge on any atom is -0.481 e. The monoisotopic (exact) mass is 918 g/mol. The smallest absolute Gasteiger partial charge is 0.312 e. The van der Waals surface area contributed by atoms with Gasteiger partial charge in [0.1, 0.15) is 18.1 Å². The van der Waals surface area contributed by atoms with Crippen molar-refractivity contribution in [1.29, 1.82) is 0 Å². The number of aliphatic carboxylic acids is 1. The van der Waals surface area contributed by atoms with E-state index >= 15 is 0 Å². The third kappa shape index (κ3) is 24.1. The van der Waals surface area contributed by atoms with Crippen molar-refractivity contribution in [3.05, 3.63) is 42.0 Å². The molecule has 9 amide bonds. The second-order valence-electron chi connectivity index (χ2n) is 15.2. The van der Waals surface area contributed by atoms with E-state index in [-0.39, 0.29) is 104 Å². The Hall–Kier alpha value is -5.97. The number of primary amides is 1. The highest BCUT2D eigenvalue weighted by Crippen LogP contribution is 2.13. The van der Waals surface area contributed by atoms with Gasteiger partial charge >= 0.3 is 12.0 Å². The first-order valence-electron chi connectivity index (χ1n) is 21.8. The van der Waals surface area contributed by atoms with Crippen molar-refractivity contribution in [2.75, 3.05) is 77.8 Å². The van der Waals surface area contributed by atoms with E-state index in [4.69, 9.17) is 24.7 Å². The zero-order chi connectivity index (χ0) is 48.0. The fourth-order valence-corrected chi connectivity index (χ4v) is 6.06. The van der Waals surface area contributed by atoms with Crippen LogP contribution in [0.1, 0.15) is 71.3 Å². The molecule has 0 spiro atoms. The molecule has 0 bridgehead atoms. The van der Waals surface area contributed by atoms with Crippen molar-refractivity contribution in [1.82, 2.24) is 31.5 Å². The lowest BCUT2D eigenvalue weighted by atomic mass is 10.0. The molecule has 1 aromatic carbocycles. The summed E-state index contributed by atoms with van der Waals surface area (Å²) in [4.78, 5) is 112. The number of nitrogens with two attached hydrogens (primary N) is 1. The lowest BCUT2D eigenvalue weighted by Gasteiger charge is -2.27. The molecule has 9 N–H and O–H groups in total. The molecule has 1 aliphatic heterocycles. The van der Waals surface area contributed by atoms with Gasteiger partial charge in [0.2, 0.25) is 29.5 Å². The zero-order valence-electron chi connectivity index (χ0n) is 37.5. The number of carboxylic acid groups (broad SMARTS) is 1. The van der Waals surface area contributed by atoms with Crippen LogP contribution in [-0.2, 0) is 63.7 Å². The molecule has 362 valence electrons. The van der Waals surface area contributed by atoms with Crippen LogP contribution in [0.2, 0.25) is 0 Å². The molecule has 2 rings (SSSR count). The molecular formula is C43H66N8O14. The molecule has 1 unspecified atom stereocenters. The van der Waals surface area contributed by atoms with Gasteiger partial charge in [-0.3, -0.25) is 43.3 Å². The lowest BCUT2D eigenvalue weighted by Crippen LogP contribution is -2.58. The minimum atomic E-state index is -1.30. The summed E-state index contributed by atoms with van der Waals surface area (Å²) < 4.78 is 21.7. The Labute approximate surface area is 378 Å². The summed E-state index contributed by atoms with van der Waals surface area (Å²) in [5, 5.41) is 25.0. The molecule has 0 aliphatic carbocycles. The number of carbonyl (C=O) groups excluding carboxylic acids is 8. The summed E-state index contributed by atoms with van der Waals surface area (Å²) in [6.45, 7) is 7.53. The third-order valence-electron chi connectivity index (χ3n) is 9.53. The van der Waals surface area contributed by atoms with Crippen LogP contribution in [0.15, 0.2) is 36.4 Å². The first-order chi connectivity index (χ1) is 31.1. The molecular weight excluding hydrogens is 853 g/mol. The molecule has 3 atom stereocenters. The number of rotatable bonds is 35. The van der Waals surface area contributed by atoms with Gasteiger partial charge in [-0.1, -0.05) is 39.3 Å². The summed E-state index contributed by atoms with van der Waals surface area (Å²) in [5.74, 6) is -5.46. The molecule has 0 saturated heterocycles.